The van der Waals surface area contributed by atoms with Gasteiger partial charge in [0.15, 0.2) is 20.5 Å². The van der Waals surface area contributed by atoms with Crippen molar-refractivity contribution < 1.29 is 49.6 Å². The molecule has 1 amide bonds. The second-order valence-electron chi connectivity index (χ2n) is 9.67. The molecule has 0 saturated heterocycles. The van der Waals surface area contributed by atoms with Gasteiger partial charge in [0.2, 0.25) is 5.91 Å². The fourth-order valence-electron chi connectivity index (χ4n) is 4.52. The molecular weight excluding hydrogens is 569 g/mol. The van der Waals surface area contributed by atoms with E-state index in [1.807, 2.05) is 0 Å². The summed E-state index contributed by atoms with van der Waals surface area (Å²) in [7, 11) is -9.51. The molecule has 1 atom stereocenters. The van der Waals surface area contributed by atoms with Crippen molar-refractivity contribution >= 4 is 34.5 Å². The van der Waals surface area contributed by atoms with Crippen LogP contribution in [0.25, 0.3) is 10.9 Å². The summed E-state index contributed by atoms with van der Waals surface area (Å²) >= 11 is 0. The van der Waals surface area contributed by atoms with Gasteiger partial charge in [-0.15, -0.1) is 0 Å². The van der Waals surface area contributed by atoms with Crippen molar-refractivity contribution in [2.24, 2.45) is 5.73 Å². The maximum Gasteiger partial charge on any atom is 0.470 e. The lowest BCUT2D eigenvalue weighted by Crippen LogP contribution is -2.52. The van der Waals surface area contributed by atoms with E-state index in [9.17, 15) is 45.1 Å². The van der Waals surface area contributed by atoms with Crippen LogP contribution in [0.2, 0.25) is 0 Å². The Bertz CT molecular complexity index is 1570. The molecule has 0 fully saturated rings. The van der Waals surface area contributed by atoms with Gasteiger partial charge in [-0.1, -0.05) is 26.8 Å². The van der Waals surface area contributed by atoms with Crippen molar-refractivity contribution in [3.05, 3.63) is 59.2 Å². The quantitative estimate of drug-likeness (QED) is 0.202. The number of sulfone groups is 1. The summed E-state index contributed by atoms with van der Waals surface area (Å²) < 4.78 is 98.7. The first-order chi connectivity index (χ1) is 17.7. The number of primary amides is 1. The summed E-state index contributed by atoms with van der Waals surface area (Å²) in [6, 6.07) is 5.09. The van der Waals surface area contributed by atoms with Gasteiger partial charge in [-0.3, -0.25) is 9.32 Å². The first-order valence-electron chi connectivity index (χ1n) is 11.3. The molecule has 0 saturated carbocycles. The van der Waals surface area contributed by atoms with Crippen molar-refractivity contribution in [3.8, 4) is 0 Å². The minimum Gasteiger partial charge on any atom is -0.366 e. The van der Waals surface area contributed by atoms with E-state index < -0.39 is 65.0 Å². The number of nitrogens with one attached hydrogen (secondary N) is 1. The highest BCUT2D eigenvalue weighted by atomic mass is 32.2. The van der Waals surface area contributed by atoms with E-state index in [4.69, 9.17) is 5.73 Å². The number of fused-ring (bicyclic) bond motifs is 1. The summed E-state index contributed by atoms with van der Waals surface area (Å²) in [5, 5.41) is -0.110. The third kappa shape index (κ3) is 6.67. The summed E-state index contributed by atoms with van der Waals surface area (Å²) in [5.74, 6) is -2.25. The Kier molecular flexibility index (Phi) is 8.10. The second kappa shape index (κ2) is 10.3. The Labute approximate surface area is 220 Å². The molecule has 0 radical (unpaired) electrons. The summed E-state index contributed by atoms with van der Waals surface area (Å²) in [4.78, 5) is 37.5. The van der Waals surface area contributed by atoms with Crippen LogP contribution in [0, 0.1) is 5.82 Å². The smallest absolute Gasteiger partial charge is 0.366 e. The third-order valence-corrected chi connectivity index (χ3v) is 8.43. The first kappa shape index (κ1) is 30.7. The van der Waals surface area contributed by atoms with Gasteiger partial charge in [0, 0.05) is 23.1 Å². The number of halogens is 4. The van der Waals surface area contributed by atoms with Crippen molar-refractivity contribution in [2.45, 2.75) is 55.8 Å². The van der Waals surface area contributed by atoms with Crippen molar-refractivity contribution in [2.75, 3.05) is 5.75 Å². The second-order valence-corrected chi connectivity index (χ2v) is 13.1. The highest BCUT2D eigenvalue weighted by Crippen LogP contribution is 2.54. The van der Waals surface area contributed by atoms with Crippen LogP contribution in [0.1, 0.15) is 48.8 Å². The monoisotopic (exact) mass is 595 g/mol. The molecule has 0 spiro atoms. The number of hydrogen-bond donors (Lipinski definition) is 4. The molecule has 2 heterocycles. The largest absolute Gasteiger partial charge is 0.470 e. The Hall–Kier alpha value is -2.84. The molecule has 0 aliphatic rings. The number of alkyl halides is 3. The number of rotatable bonds is 10. The average Bonchev–Trinajstić information content (AvgIpc) is 3.17. The maximum atomic E-state index is 14.8. The molecule has 5 N–H and O–H groups in total. The number of hydrogen-bond acceptors (Lipinski definition) is 6. The van der Waals surface area contributed by atoms with Crippen molar-refractivity contribution in [1.82, 2.24) is 9.97 Å². The standard InChI is InChI=1S/C23H26F4N3O7PS/c1-4-39(35,36)19-8-13-7-15(30-18(13)11-29-19)10-22(23(25,26)27,37-38(32,33)34)12-21(2,3)17-6-5-14(24)9-16(17)20(28)31/h5-9,11,30H,4,10,12H2,1-3H3,(H2,28,31)(H2,32,33,34)/t22-/m0/s1. The topological polar surface area (TPSA) is 173 Å². The van der Waals surface area contributed by atoms with Crippen LogP contribution in [0.5, 0.6) is 0 Å². The lowest BCUT2D eigenvalue weighted by molar-refractivity contribution is -0.259. The summed E-state index contributed by atoms with van der Waals surface area (Å²) in [6.07, 6.45) is -6.56. The Morgan fingerprint density at radius 3 is 2.36 bits per heavy atom. The molecule has 1 aromatic carbocycles. The van der Waals surface area contributed by atoms with Gasteiger partial charge in [-0.05, 0) is 41.7 Å². The predicted octanol–water partition coefficient (Wildman–Crippen LogP) is 3.92. The Balaban J connectivity index is 2.18. The number of phosphoric ester groups is 1. The fraction of sp³-hybridized carbons (Fsp3) is 0.391. The van der Waals surface area contributed by atoms with Crippen LogP contribution in [-0.4, -0.2) is 51.6 Å². The van der Waals surface area contributed by atoms with Gasteiger partial charge in [-0.25, -0.2) is 22.4 Å². The van der Waals surface area contributed by atoms with E-state index in [0.29, 0.717) is 0 Å². The zero-order valence-corrected chi connectivity index (χ0v) is 22.6. The van der Waals surface area contributed by atoms with E-state index in [1.54, 1.807) is 0 Å². The molecule has 39 heavy (non-hydrogen) atoms. The molecule has 0 aliphatic carbocycles. The number of pyridine rings is 1. The number of aromatic nitrogens is 2. The number of carbonyl (C=O) groups is 1. The van der Waals surface area contributed by atoms with Crippen molar-refractivity contribution in [1.29, 1.82) is 0 Å². The summed E-state index contributed by atoms with van der Waals surface area (Å²) in [5.41, 5.74) is -0.462. The van der Waals surface area contributed by atoms with Gasteiger partial charge in [0.1, 0.15) is 5.82 Å². The van der Waals surface area contributed by atoms with Crippen LogP contribution in [0.4, 0.5) is 17.6 Å². The lowest BCUT2D eigenvalue weighted by atomic mass is 9.72. The minimum atomic E-state index is -5.78. The van der Waals surface area contributed by atoms with Crippen LogP contribution in [-0.2, 0) is 30.8 Å². The molecule has 10 nitrogen and oxygen atoms in total. The SMILES string of the molecule is CCS(=O)(=O)c1cc2cc(C[C@@](CC(C)(C)c3ccc(F)cc3C(N)=O)(OP(=O)(O)O)C(F)(F)F)[nH]c2cn1. The number of aromatic amines is 1. The molecule has 0 aliphatic heterocycles. The maximum absolute atomic E-state index is 14.8. The normalized spacial score (nSPS) is 14.9. The molecule has 214 valence electrons. The molecule has 3 rings (SSSR count). The molecule has 0 bridgehead atoms. The van der Waals surface area contributed by atoms with Gasteiger partial charge in [0.25, 0.3) is 0 Å². The Morgan fingerprint density at radius 2 is 1.82 bits per heavy atom. The zero-order valence-electron chi connectivity index (χ0n) is 20.9. The zero-order chi connectivity index (χ0) is 29.6. The van der Waals surface area contributed by atoms with Crippen molar-refractivity contribution in [3.63, 3.8) is 0 Å². The highest BCUT2D eigenvalue weighted by Gasteiger charge is 2.61. The van der Waals surface area contributed by atoms with Crippen LogP contribution in [0.15, 0.2) is 41.6 Å². The third-order valence-electron chi connectivity index (χ3n) is 6.22. The van der Waals surface area contributed by atoms with E-state index in [2.05, 4.69) is 14.5 Å². The molecular formula is C23H26F4N3O7PS. The van der Waals surface area contributed by atoms with Crippen LogP contribution in [0.3, 0.4) is 0 Å². The number of amides is 1. The van der Waals surface area contributed by atoms with E-state index in [1.165, 1.54) is 26.8 Å². The molecule has 2 aromatic heterocycles. The molecule has 0 unspecified atom stereocenters. The number of phosphoric acid groups is 1. The Morgan fingerprint density at radius 1 is 1.18 bits per heavy atom. The lowest BCUT2D eigenvalue weighted by Gasteiger charge is -2.41. The van der Waals surface area contributed by atoms with E-state index in [-0.39, 0.29) is 32.9 Å². The highest BCUT2D eigenvalue weighted by molar-refractivity contribution is 7.91. The van der Waals surface area contributed by atoms with E-state index >= 15 is 0 Å². The van der Waals surface area contributed by atoms with Crippen LogP contribution < -0.4 is 5.73 Å². The number of carbonyl (C=O) groups excluding carboxylic acids is 1. The van der Waals surface area contributed by atoms with Gasteiger partial charge in [-0.2, -0.15) is 13.2 Å². The molecule has 3 aromatic rings. The average molecular weight is 596 g/mol. The number of benzene rings is 1. The van der Waals surface area contributed by atoms with Gasteiger partial charge in [0.05, 0.1) is 17.5 Å². The number of nitrogens with two attached hydrogens (primary N) is 1. The van der Waals surface area contributed by atoms with Gasteiger partial charge < -0.3 is 20.5 Å². The summed E-state index contributed by atoms with van der Waals surface area (Å²) in [6.45, 7) is 3.91. The van der Waals surface area contributed by atoms with Crippen LogP contribution >= 0.6 is 7.82 Å². The number of nitrogens with zero attached hydrogens (tertiary/aromatic N) is 1. The first-order valence-corrected chi connectivity index (χ1v) is 14.5. The molecule has 16 heteroatoms. The fourth-order valence-corrected chi connectivity index (χ4v) is 6.02. The van der Waals surface area contributed by atoms with E-state index in [0.717, 1.165) is 30.5 Å². The number of H-pyrrole nitrogens is 1. The van der Waals surface area contributed by atoms with Gasteiger partial charge >= 0.3 is 14.0 Å². The minimum absolute atomic E-state index is 0.102. The predicted molar refractivity (Wildman–Crippen MR) is 132 cm³/mol.